The van der Waals surface area contributed by atoms with E-state index in [1.807, 2.05) is 0 Å². The van der Waals surface area contributed by atoms with Crippen molar-refractivity contribution in [1.29, 1.82) is 0 Å². The molecule has 4 rings (SSSR count). The third-order valence-electron chi connectivity index (χ3n) is 5.45. The number of hydrogen-bond acceptors (Lipinski definition) is 4. The van der Waals surface area contributed by atoms with E-state index in [9.17, 15) is 14.7 Å². The van der Waals surface area contributed by atoms with E-state index in [4.69, 9.17) is 27.9 Å². The second-order valence-corrected chi connectivity index (χ2v) is 7.91. The van der Waals surface area contributed by atoms with Crippen LogP contribution in [0.15, 0.2) is 47.7 Å². The molecule has 0 fully saturated rings. The van der Waals surface area contributed by atoms with Gasteiger partial charge < -0.3 is 9.84 Å². The molecular weight excluding hydrogens is 413 g/mol. The molecule has 0 spiro atoms. The Labute approximate surface area is 178 Å². The number of phenolic OH excluding ortho intramolecular Hbond substituents is 1. The van der Waals surface area contributed by atoms with E-state index in [-0.39, 0.29) is 28.9 Å². The van der Waals surface area contributed by atoms with Crippen LogP contribution in [0, 0.1) is 0 Å². The number of ether oxygens (including phenoxy) is 1. The van der Waals surface area contributed by atoms with Crippen LogP contribution in [0.5, 0.6) is 11.5 Å². The number of carbonyl (C=O) groups is 2. The zero-order valence-electron chi connectivity index (χ0n) is 15.7. The Morgan fingerprint density at radius 3 is 2.69 bits per heavy atom. The summed E-state index contributed by atoms with van der Waals surface area (Å²) in [6.45, 7) is 0. The highest BCUT2D eigenvalue weighted by Crippen LogP contribution is 2.46. The Bertz CT molecular complexity index is 1050. The first-order chi connectivity index (χ1) is 13.9. The lowest BCUT2D eigenvalue weighted by Gasteiger charge is -2.38. The molecule has 5 nitrogen and oxygen atoms in total. The van der Waals surface area contributed by atoms with Gasteiger partial charge in [0.05, 0.1) is 22.8 Å². The van der Waals surface area contributed by atoms with Gasteiger partial charge in [-0.05, 0) is 42.7 Å². The number of phenols is 1. The summed E-state index contributed by atoms with van der Waals surface area (Å²) in [5, 5.41) is 10.6. The molecule has 0 aromatic heterocycles. The molecule has 1 unspecified atom stereocenters. The number of anilines is 1. The molecule has 1 atom stereocenters. The molecule has 0 saturated heterocycles. The van der Waals surface area contributed by atoms with E-state index in [0.29, 0.717) is 47.0 Å². The summed E-state index contributed by atoms with van der Waals surface area (Å²) in [6, 6.07) is 10.1. The molecule has 7 heteroatoms. The van der Waals surface area contributed by atoms with Crippen molar-refractivity contribution >= 4 is 40.6 Å². The van der Waals surface area contributed by atoms with Crippen LogP contribution in [-0.4, -0.2) is 23.9 Å². The minimum atomic E-state index is -0.394. The van der Waals surface area contributed by atoms with Crippen molar-refractivity contribution in [2.45, 2.75) is 31.6 Å². The third-order valence-corrected chi connectivity index (χ3v) is 6.26. The summed E-state index contributed by atoms with van der Waals surface area (Å²) in [5.74, 6) is -0.205. The number of rotatable bonds is 3. The molecule has 2 aromatic rings. The molecule has 0 saturated carbocycles. The Morgan fingerprint density at radius 1 is 1.14 bits per heavy atom. The predicted octanol–water partition coefficient (Wildman–Crippen LogP) is 5.24. The smallest absolute Gasteiger partial charge is 0.232 e. The zero-order valence-corrected chi connectivity index (χ0v) is 17.3. The van der Waals surface area contributed by atoms with Gasteiger partial charge in [-0.25, -0.2) is 0 Å². The highest BCUT2D eigenvalue weighted by atomic mass is 35.5. The number of Topliss-reactive ketones (excluding diaryl/α,β-unsaturated/α-hetero) is 1. The van der Waals surface area contributed by atoms with Gasteiger partial charge in [-0.15, -0.1) is 0 Å². The number of nitrogens with zero attached hydrogens (tertiary/aromatic N) is 1. The van der Waals surface area contributed by atoms with E-state index < -0.39 is 5.92 Å². The number of halogens is 2. The lowest BCUT2D eigenvalue weighted by atomic mass is 9.77. The molecule has 0 radical (unpaired) electrons. The SMILES string of the molecule is COc1cc(C2CC(=O)N(c3cccc(Cl)c3Cl)C3=C2C(=O)CCC3)ccc1O. The minimum Gasteiger partial charge on any atom is -0.504 e. The fourth-order valence-electron chi connectivity index (χ4n) is 4.13. The highest BCUT2D eigenvalue weighted by molar-refractivity contribution is 6.44. The number of amides is 1. The number of methoxy groups -OCH3 is 1. The zero-order chi connectivity index (χ0) is 20.7. The molecule has 29 heavy (non-hydrogen) atoms. The van der Waals surface area contributed by atoms with Gasteiger partial charge in [0.1, 0.15) is 0 Å². The molecule has 2 aromatic carbocycles. The van der Waals surface area contributed by atoms with E-state index in [0.717, 1.165) is 5.56 Å². The molecule has 1 amide bonds. The topological polar surface area (TPSA) is 66.8 Å². The van der Waals surface area contributed by atoms with Gasteiger partial charge in [0.2, 0.25) is 5.91 Å². The van der Waals surface area contributed by atoms with E-state index in [2.05, 4.69) is 0 Å². The maximum atomic E-state index is 13.2. The number of hydrogen-bond donors (Lipinski definition) is 1. The average Bonchev–Trinajstić information content (AvgIpc) is 2.70. The van der Waals surface area contributed by atoms with Crippen LogP contribution in [-0.2, 0) is 9.59 Å². The first-order valence-electron chi connectivity index (χ1n) is 9.32. The first-order valence-corrected chi connectivity index (χ1v) is 10.1. The fraction of sp³-hybridized carbons (Fsp3) is 0.273. The van der Waals surface area contributed by atoms with Gasteiger partial charge in [0.15, 0.2) is 17.3 Å². The second kappa shape index (κ2) is 7.73. The number of aromatic hydroxyl groups is 1. The molecule has 2 aliphatic rings. The Kier molecular flexibility index (Phi) is 5.28. The standard InChI is InChI=1S/C22H19Cl2NO4/c1-29-19-10-12(8-9-17(19)26)13-11-20(28)25(15-5-3-7-18(27)21(13)15)16-6-2-4-14(23)22(16)24/h2,4,6,8-10,13,26H,3,5,7,11H2,1H3. The van der Waals surface area contributed by atoms with Crippen LogP contribution in [0.1, 0.15) is 37.2 Å². The van der Waals surface area contributed by atoms with Crippen LogP contribution >= 0.6 is 23.2 Å². The maximum absolute atomic E-state index is 13.2. The predicted molar refractivity (Wildman–Crippen MR) is 112 cm³/mol. The van der Waals surface area contributed by atoms with Crippen molar-refractivity contribution < 1.29 is 19.4 Å². The van der Waals surface area contributed by atoms with Crippen molar-refractivity contribution in [3.8, 4) is 11.5 Å². The van der Waals surface area contributed by atoms with Crippen molar-refractivity contribution in [1.82, 2.24) is 0 Å². The highest BCUT2D eigenvalue weighted by Gasteiger charge is 2.40. The molecular formula is C22H19Cl2NO4. The van der Waals surface area contributed by atoms with E-state index in [1.54, 1.807) is 35.2 Å². The summed E-state index contributed by atoms with van der Waals surface area (Å²) in [5.41, 5.74) is 2.55. The minimum absolute atomic E-state index is 0.00916. The lowest BCUT2D eigenvalue weighted by Crippen LogP contribution is -2.40. The van der Waals surface area contributed by atoms with Gasteiger partial charge in [0, 0.05) is 30.0 Å². The number of carbonyl (C=O) groups excluding carboxylic acids is 2. The Balaban J connectivity index is 1.88. The van der Waals surface area contributed by atoms with Crippen LogP contribution in [0.3, 0.4) is 0 Å². The molecule has 150 valence electrons. The summed E-state index contributed by atoms with van der Waals surface area (Å²) in [4.78, 5) is 27.7. The van der Waals surface area contributed by atoms with E-state index in [1.165, 1.54) is 13.2 Å². The maximum Gasteiger partial charge on any atom is 0.232 e. The summed E-state index contributed by atoms with van der Waals surface area (Å²) in [7, 11) is 1.46. The van der Waals surface area contributed by atoms with Crippen LogP contribution in [0.4, 0.5) is 5.69 Å². The first kappa shape index (κ1) is 19.8. The van der Waals surface area contributed by atoms with E-state index >= 15 is 0 Å². The van der Waals surface area contributed by atoms with Gasteiger partial charge in [-0.1, -0.05) is 35.3 Å². The molecule has 1 heterocycles. The van der Waals surface area contributed by atoms with Crippen molar-refractivity contribution in [2.75, 3.05) is 12.0 Å². The van der Waals surface area contributed by atoms with Crippen LogP contribution in [0.25, 0.3) is 0 Å². The lowest BCUT2D eigenvalue weighted by molar-refractivity contribution is -0.119. The average molecular weight is 432 g/mol. The molecule has 1 aliphatic carbocycles. The quantitative estimate of drug-likeness (QED) is 0.721. The molecule has 1 aliphatic heterocycles. The van der Waals surface area contributed by atoms with Gasteiger partial charge >= 0.3 is 0 Å². The fourth-order valence-corrected chi connectivity index (χ4v) is 4.51. The second-order valence-electron chi connectivity index (χ2n) is 7.13. The van der Waals surface area contributed by atoms with Crippen molar-refractivity contribution in [3.63, 3.8) is 0 Å². The number of benzene rings is 2. The number of ketones is 1. The number of allylic oxidation sites excluding steroid dienone is 2. The van der Waals surface area contributed by atoms with Crippen LogP contribution < -0.4 is 9.64 Å². The van der Waals surface area contributed by atoms with Gasteiger partial charge in [-0.3, -0.25) is 14.5 Å². The summed E-state index contributed by atoms with van der Waals surface area (Å²) >= 11 is 12.6. The third kappa shape index (κ3) is 3.38. The Morgan fingerprint density at radius 2 is 1.93 bits per heavy atom. The largest absolute Gasteiger partial charge is 0.504 e. The van der Waals surface area contributed by atoms with Crippen molar-refractivity contribution in [2.24, 2.45) is 0 Å². The van der Waals surface area contributed by atoms with Gasteiger partial charge in [-0.2, -0.15) is 0 Å². The summed E-state index contributed by atoms with van der Waals surface area (Å²) in [6.07, 6.45) is 1.82. The van der Waals surface area contributed by atoms with Crippen molar-refractivity contribution in [3.05, 3.63) is 63.3 Å². The van der Waals surface area contributed by atoms with Gasteiger partial charge in [0.25, 0.3) is 0 Å². The van der Waals surface area contributed by atoms with Crippen LogP contribution in [0.2, 0.25) is 10.0 Å². The monoisotopic (exact) mass is 431 g/mol. The summed E-state index contributed by atoms with van der Waals surface area (Å²) < 4.78 is 5.21. The normalized spacial score (nSPS) is 19.4. The Hall–Kier alpha value is -2.50. The molecule has 0 bridgehead atoms. The molecule has 1 N–H and O–H groups in total.